The van der Waals surface area contributed by atoms with E-state index >= 15 is 0 Å². The first-order valence-corrected chi connectivity index (χ1v) is 19.1. The van der Waals surface area contributed by atoms with Crippen molar-refractivity contribution in [2.45, 2.75) is 200 Å². The van der Waals surface area contributed by atoms with Gasteiger partial charge in [0.05, 0.1) is 6.61 Å². The number of rotatable bonds is 30. The van der Waals surface area contributed by atoms with Gasteiger partial charge in [-0.1, -0.05) is 124 Å². The van der Waals surface area contributed by atoms with E-state index in [0.29, 0.717) is 31.3 Å². The van der Waals surface area contributed by atoms with Gasteiger partial charge in [0.15, 0.2) is 0 Å². The lowest BCUT2D eigenvalue weighted by Gasteiger charge is -2.23. The molecule has 0 saturated carbocycles. The van der Waals surface area contributed by atoms with Crippen molar-refractivity contribution in [2.75, 3.05) is 19.7 Å². The van der Waals surface area contributed by atoms with Gasteiger partial charge >= 0.3 is 11.9 Å². The Morgan fingerprint density at radius 2 is 1.09 bits per heavy atom. The van der Waals surface area contributed by atoms with Crippen LogP contribution in [0.2, 0.25) is 0 Å². The van der Waals surface area contributed by atoms with Crippen molar-refractivity contribution >= 4 is 11.9 Å². The highest BCUT2D eigenvalue weighted by atomic mass is 16.5. The Morgan fingerprint density at radius 1 is 0.605 bits per heavy atom. The molecular weight excluding hydrogens is 534 g/mol. The van der Waals surface area contributed by atoms with Crippen LogP contribution < -0.4 is 5.32 Å². The van der Waals surface area contributed by atoms with Crippen molar-refractivity contribution < 1.29 is 19.1 Å². The van der Waals surface area contributed by atoms with Gasteiger partial charge in [-0.25, -0.2) is 0 Å². The van der Waals surface area contributed by atoms with Crippen LogP contribution in [0.4, 0.5) is 0 Å². The number of piperidine rings is 1. The Morgan fingerprint density at radius 3 is 1.70 bits per heavy atom. The van der Waals surface area contributed by atoms with E-state index in [1.807, 2.05) is 0 Å². The molecule has 0 aromatic rings. The minimum atomic E-state index is 0.0123. The second-order valence-corrected chi connectivity index (χ2v) is 13.6. The standard InChI is InChI=1S/C38H73NO4/c1-4-7-10-12-13-16-20-25-36(43-38(41)33-35-27-29-39-30-28-35)26-21-17-14-15-18-22-31-42-37(40)32-34(23-9-6-3)24-19-11-8-5-2/h34-36,39H,4-33H2,1-3H3. The maximum absolute atomic E-state index is 12.7. The zero-order valence-electron chi connectivity index (χ0n) is 29.1. The Hall–Kier alpha value is -1.10. The molecule has 2 atom stereocenters. The van der Waals surface area contributed by atoms with Gasteiger partial charge in [0.1, 0.15) is 6.10 Å². The minimum absolute atomic E-state index is 0.0123. The molecule has 1 aliphatic heterocycles. The van der Waals surface area contributed by atoms with Crippen LogP contribution in [0.1, 0.15) is 194 Å². The number of carbonyl (C=O) groups excluding carboxylic acids is 2. The number of hydrogen-bond acceptors (Lipinski definition) is 5. The summed E-state index contributed by atoms with van der Waals surface area (Å²) in [5.74, 6) is 1.04. The van der Waals surface area contributed by atoms with Gasteiger partial charge < -0.3 is 14.8 Å². The third-order valence-corrected chi connectivity index (χ3v) is 9.41. The Kier molecular flexibility index (Phi) is 27.5. The number of carbonyl (C=O) groups is 2. The van der Waals surface area contributed by atoms with E-state index in [0.717, 1.165) is 64.5 Å². The molecule has 1 fully saturated rings. The number of esters is 2. The van der Waals surface area contributed by atoms with Crippen LogP contribution in [0.5, 0.6) is 0 Å². The summed E-state index contributed by atoms with van der Waals surface area (Å²) in [7, 11) is 0. The molecule has 0 aliphatic carbocycles. The lowest BCUT2D eigenvalue weighted by atomic mass is 9.92. The zero-order valence-corrected chi connectivity index (χ0v) is 29.1. The fraction of sp³-hybridized carbons (Fsp3) is 0.947. The molecule has 0 radical (unpaired) electrons. The van der Waals surface area contributed by atoms with Gasteiger partial charge in [-0.3, -0.25) is 9.59 Å². The van der Waals surface area contributed by atoms with Gasteiger partial charge in [0, 0.05) is 12.8 Å². The maximum Gasteiger partial charge on any atom is 0.306 e. The van der Waals surface area contributed by atoms with Crippen molar-refractivity contribution in [1.82, 2.24) is 5.32 Å². The predicted molar refractivity (Wildman–Crippen MR) is 182 cm³/mol. The largest absolute Gasteiger partial charge is 0.466 e. The van der Waals surface area contributed by atoms with Crippen molar-refractivity contribution in [3.8, 4) is 0 Å². The van der Waals surface area contributed by atoms with E-state index in [4.69, 9.17) is 9.47 Å². The molecule has 1 aliphatic rings. The number of ether oxygens (including phenoxy) is 2. The van der Waals surface area contributed by atoms with Gasteiger partial charge in [-0.15, -0.1) is 0 Å². The van der Waals surface area contributed by atoms with Crippen LogP contribution in [0.25, 0.3) is 0 Å². The van der Waals surface area contributed by atoms with E-state index < -0.39 is 0 Å². The first-order valence-electron chi connectivity index (χ1n) is 19.1. The molecule has 2 unspecified atom stereocenters. The molecule has 5 heteroatoms. The summed E-state index contributed by atoms with van der Waals surface area (Å²) in [5, 5.41) is 3.39. The predicted octanol–water partition coefficient (Wildman–Crippen LogP) is 10.9. The summed E-state index contributed by atoms with van der Waals surface area (Å²) in [6.45, 7) is 9.37. The summed E-state index contributed by atoms with van der Waals surface area (Å²) in [4.78, 5) is 25.1. The lowest BCUT2D eigenvalue weighted by molar-refractivity contribution is -0.151. The Labute approximate surface area is 267 Å². The van der Waals surface area contributed by atoms with Crippen LogP contribution in [0, 0.1) is 11.8 Å². The Balaban J connectivity index is 2.20. The van der Waals surface area contributed by atoms with Crippen molar-refractivity contribution in [1.29, 1.82) is 0 Å². The Bertz CT molecular complexity index is 633. The van der Waals surface area contributed by atoms with E-state index in [1.165, 1.54) is 109 Å². The molecule has 0 aromatic heterocycles. The summed E-state index contributed by atoms with van der Waals surface area (Å²) in [6, 6.07) is 0. The molecule has 43 heavy (non-hydrogen) atoms. The SMILES string of the molecule is CCCCCCCCCC(CCCCCCCCOC(=O)CC(CCCC)CCCCCC)OC(=O)CC1CCNCC1. The third-order valence-electron chi connectivity index (χ3n) is 9.41. The first-order chi connectivity index (χ1) is 21.1. The summed E-state index contributed by atoms with van der Waals surface area (Å²) in [5.41, 5.74) is 0. The number of nitrogens with one attached hydrogen (secondary N) is 1. The van der Waals surface area contributed by atoms with E-state index in [2.05, 4.69) is 26.1 Å². The van der Waals surface area contributed by atoms with Crippen molar-refractivity contribution in [3.05, 3.63) is 0 Å². The van der Waals surface area contributed by atoms with Gasteiger partial charge in [-0.2, -0.15) is 0 Å². The van der Waals surface area contributed by atoms with Gasteiger partial charge in [0.2, 0.25) is 0 Å². The fourth-order valence-electron chi connectivity index (χ4n) is 6.51. The van der Waals surface area contributed by atoms with E-state index in [-0.39, 0.29) is 18.0 Å². The van der Waals surface area contributed by atoms with Crippen LogP contribution in [0.15, 0.2) is 0 Å². The maximum atomic E-state index is 12.7. The normalized spacial score (nSPS) is 15.3. The molecule has 0 bridgehead atoms. The highest BCUT2D eigenvalue weighted by molar-refractivity contribution is 5.70. The molecule has 0 amide bonds. The highest BCUT2D eigenvalue weighted by Crippen LogP contribution is 2.23. The topological polar surface area (TPSA) is 64.6 Å². The number of unbranched alkanes of at least 4 members (excludes halogenated alkanes) is 15. The molecule has 254 valence electrons. The van der Waals surface area contributed by atoms with Gasteiger partial charge in [-0.05, 0) is 82.7 Å². The van der Waals surface area contributed by atoms with Crippen LogP contribution in [0.3, 0.4) is 0 Å². The second-order valence-electron chi connectivity index (χ2n) is 13.6. The second kappa shape index (κ2) is 29.6. The highest BCUT2D eigenvalue weighted by Gasteiger charge is 2.20. The molecule has 1 heterocycles. The quantitative estimate of drug-likeness (QED) is 0.0650. The molecule has 0 aromatic carbocycles. The lowest BCUT2D eigenvalue weighted by Crippen LogP contribution is -2.30. The van der Waals surface area contributed by atoms with Crippen LogP contribution in [-0.4, -0.2) is 37.7 Å². The summed E-state index contributed by atoms with van der Waals surface area (Å²) >= 11 is 0. The molecule has 1 saturated heterocycles. The van der Waals surface area contributed by atoms with E-state index in [9.17, 15) is 9.59 Å². The fourth-order valence-corrected chi connectivity index (χ4v) is 6.51. The van der Waals surface area contributed by atoms with Crippen molar-refractivity contribution in [2.24, 2.45) is 11.8 Å². The number of hydrogen-bond donors (Lipinski definition) is 1. The van der Waals surface area contributed by atoms with Crippen LogP contribution in [-0.2, 0) is 19.1 Å². The minimum Gasteiger partial charge on any atom is -0.466 e. The summed E-state index contributed by atoms with van der Waals surface area (Å²) < 4.78 is 11.7. The molecule has 0 spiro atoms. The monoisotopic (exact) mass is 608 g/mol. The molecule has 1 rings (SSSR count). The summed E-state index contributed by atoms with van der Waals surface area (Å²) in [6.07, 6.45) is 31.2. The van der Waals surface area contributed by atoms with E-state index in [1.54, 1.807) is 0 Å². The zero-order chi connectivity index (χ0) is 31.2. The smallest absolute Gasteiger partial charge is 0.306 e. The van der Waals surface area contributed by atoms with Crippen molar-refractivity contribution in [3.63, 3.8) is 0 Å². The average molecular weight is 608 g/mol. The van der Waals surface area contributed by atoms with Gasteiger partial charge in [0.25, 0.3) is 0 Å². The average Bonchev–Trinajstić information content (AvgIpc) is 3.00. The molecular formula is C38H73NO4. The third kappa shape index (κ3) is 24.9. The first kappa shape index (κ1) is 39.9. The molecule has 5 nitrogen and oxygen atoms in total. The molecule has 1 N–H and O–H groups in total. The van der Waals surface area contributed by atoms with Crippen LogP contribution >= 0.6 is 0 Å².